The van der Waals surface area contributed by atoms with Gasteiger partial charge in [-0.15, -0.1) is 0 Å². The second kappa shape index (κ2) is 5.32. The Morgan fingerprint density at radius 3 is 2.62 bits per heavy atom. The third-order valence-corrected chi connectivity index (χ3v) is 3.62. The van der Waals surface area contributed by atoms with Crippen LogP contribution >= 0.6 is 0 Å². The largest absolute Gasteiger partial charge is 0.481 e. The zero-order chi connectivity index (χ0) is 12.3. The van der Waals surface area contributed by atoms with Gasteiger partial charge in [0.05, 0.1) is 5.92 Å². The zero-order valence-electron chi connectivity index (χ0n) is 10.3. The summed E-state index contributed by atoms with van der Waals surface area (Å²) in [6, 6.07) is -0.173. The minimum absolute atomic E-state index is 0.00463. The summed E-state index contributed by atoms with van der Waals surface area (Å²) in [5.41, 5.74) is 0. The lowest BCUT2D eigenvalue weighted by molar-refractivity contribution is -0.150. The summed E-state index contributed by atoms with van der Waals surface area (Å²) in [7, 11) is 0. The molecule has 1 unspecified atom stereocenters. The molecule has 1 fully saturated rings. The third kappa shape index (κ3) is 2.54. The number of rotatable bonds is 3. The summed E-state index contributed by atoms with van der Waals surface area (Å²) in [6.07, 6.45) is 2.28. The maximum atomic E-state index is 12.0. The smallest absolute Gasteiger partial charge is 0.308 e. The SMILES string of the molecule is CCC(C)C(=O)N1CCC[C@H](C(=O)O)[C@@H]1C. The Kier molecular flexibility index (Phi) is 4.33. The van der Waals surface area contributed by atoms with Crippen molar-refractivity contribution in [3.63, 3.8) is 0 Å². The quantitative estimate of drug-likeness (QED) is 0.799. The van der Waals surface area contributed by atoms with Gasteiger partial charge in [-0.05, 0) is 26.2 Å². The number of aliphatic carboxylic acids is 1. The first-order chi connectivity index (χ1) is 7.49. The van der Waals surface area contributed by atoms with Crippen molar-refractivity contribution in [3.05, 3.63) is 0 Å². The lowest BCUT2D eigenvalue weighted by Crippen LogP contribution is -2.50. The number of nitrogens with zero attached hydrogens (tertiary/aromatic N) is 1. The van der Waals surface area contributed by atoms with Gasteiger partial charge in [-0.2, -0.15) is 0 Å². The molecule has 1 aliphatic rings. The molecule has 0 bridgehead atoms. The molecule has 4 heteroatoms. The minimum atomic E-state index is -0.783. The van der Waals surface area contributed by atoms with Crippen LogP contribution in [0, 0.1) is 11.8 Å². The van der Waals surface area contributed by atoms with Gasteiger partial charge in [0, 0.05) is 18.5 Å². The van der Waals surface area contributed by atoms with Gasteiger partial charge in [-0.3, -0.25) is 9.59 Å². The van der Waals surface area contributed by atoms with E-state index < -0.39 is 11.9 Å². The number of carboxylic acid groups (broad SMARTS) is 1. The zero-order valence-corrected chi connectivity index (χ0v) is 10.3. The summed E-state index contributed by atoms with van der Waals surface area (Å²) < 4.78 is 0. The van der Waals surface area contributed by atoms with Crippen LogP contribution in [0.25, 0.3) is 0 Å². The van der Waals surface area contributed by atoms with Gasteiger partial charge >= 0.3 is 5.97 Å². The molecule has 3 atom stereocenters. The summed E-state index contributed by atoms with van der Waals surface area (Å²) in [5, 5.41) is 9.07. The van der Waals surface area contributed by atoms with E-state index in [1.165, 1.54) is 0 Å². The molecule has 1 amide bonds. The highest BCUT2D eigenvalue weighted by Gasteiger charge is 2.36. The average molecular weight is 227 g/mol. The van der Waals surface area contributed by atoms with Crippen molar-refractivity contribution in [2.75, 3.05) is 6.54 Å². The standard InChI is InChI=1S/C12H21NO3/c1-4-8(2)11(14)13-7-5-6-10(9(13)3)12(15)16/h8-10H,4-7H2,1-3H3,(H,15,16)/t8?,9-,10-/m0/s1. The van der Waals surface area contributed by atoms with Crippen molar-refractivity contribution < 1.29 is 14.7 Å². The van der Waals surface area contributed by atoms with E-state index in [4.69, 9.17) is 5.11 Å². The molecule has 0 aliphatic carbocycles. The molecule has 16 heavy (non-hydrogen) atoms. The molecular formula is C12H21NO3. The molecular weight excluding hydrogens is 206 g/mol. The highest BCUT2D eigenvalue weighted by Crippen LogP contribution is 2.25. The van der Waals surface area contributed by atoms with Crippen LogP contribution in [0.15, 0.2) is 0 Å². The molecule has 1 aliphatic heterocycles. The first-order valence-corrected chi connectivity index (χ1v) is 6.02. The highest BCUT2D eigenvalue weighted by atomic mass is 16.4. The topological polar surface area (TPSA) is 57.6 Å². The van der Waals surface area contributed by atoms with E-state index in [-0.39, 0.29) is 17.9 Å². The lowest BCUT2D eigenvalue weighted by Gasteiger charge is -2.38. The number of hydrogen-bond donors (Lipinski definition) is 1. The normalized spacial score (nSPS) is 27.6. The maximum Gasteiger partial charge on any atom is 0.308 e. The summed E-state index contributed by atoms with van der Waals surface area (Å²) in [5.74, 6) is -1.09. The number of carbonyl (C=O) groups excluding carboxylic acids is 1. The Morgan fingerprint density at radius 2 is 2.12 bits per heavy atom. The molecule has 4 nitrogen and oxygen atoms in total. The van der Waals surface area contributed by atoms with Crippen LogP contribution in [-0.2, 0) is 9.59 Å². The number of carbonyl (C=O) groups is 2. The van der Waals surface area contributed by atoms with E-state index in [0.29, 0.717) is 13.0 Å². The van der Waals surface area contributed by atoms with E-state index in [1.807, 2.05) is 20.8 Å². The Labute approximate surface area is 96.6 Å². The summed E-state index contributed by atoms with van der Waals surface area (Å²) >= 11 is 0. The summed E-state index contributed by atoms with van der Waals surface area (Å²) in [6.45, 7) is 6.43. The van der Waals surface area contributed by atoms with E-state index in [0.717, 1.165) is 12.8 Å². The molecule has 92 valence electrons. The molecule has 1 rings (SSSR count). The predicted molar refractivity (Wildman–Crippen MR) is 61.0 cm³/mol. The number of carboxylic acids is 1. The number of piperidine rings is 1. The van der Waals surface area contributed by atoms with E-state index >= 15 is 0 Å². The van der Waals surface area contributed by atoms with E-state index in [2.05, 4.69) is 0 Å². The van der Waals surface area contributed by atoms with Crippen molar-refractivity contribution in [1.29, 1.82) is 0 Å². The molecule has 1 heterocycles. The summed E-state index contributed by atoms with van der Waals surface area (Å²) in [4.78, 5) is 24.8. The monoisotopic (exact) mass is 227 g/mol. The molecule has 0 aromatic carbocycles. The van der Waals surface area contributed by atoms with Crippen LogP contribution in [0.4, 0.5) is 0 Å². The fraction of sp³-hybridized carbons (Fsp3) is 0.833. The lowest BCUT2D eigenvalue weighted by atomic mass is 9.89. The van der Waals surface area contributed by atoms with Crippen LogP contribution in [0.3, 0.4) is 0 Å². The predicted octanol–water partition coefficient (Wildman–Crippen LogP) is 1.74. The Balaban J connectivity index is 2.73. The fourth-order valence-corrected chi connectivity index (χ4v) is 2.24. The van der Waals surface area contributed by atoms with Gasteiger partial charge in [0.15, 0.2) is 0 Å². The molecule has 1 saturated heterocycles. The second-order valence-electron chi connectivity index (χ2n) is 4.67. The van der Waals surface area contributed by atoms with Crippen molar-refractivity contribution in [1.82, 2.24) is 4.90 Å². The van der Waals surface area contributed by atoms with Gasteiger partial charge in [0.2, 0.25) is 5.91 Å². The highest BCUT2D eigenvalue weighted by molar-refractivity contribution is 5.80. The van der Waals surface area contributed by atoms with Crippen LogP contribution < -0.4 is 0 Å². The van der Waals surface area contributed by atoms with Gasteiger partial charge in [0.25, 0.3) is 0 Å². The molecule has 0 aromatic heterocycles. The van der Waals surface area contributed by atoms with Crippen molar-refractivity contribution in [2.45, 2.75) is 46.1 Å². The van der Waals surface area contributed by atoms with Gasteiger partial charge < -0.3 is 10.0 Å². The first kappa shape index (κ1) is 13.0. The third-order valence-electron chi connectivity index (χ3n) is 3.62. The Morgan fingerprint density at radius 1 is 1.50 bits per heavy atom. The van der Waals surface area contributed by atoms with Gasteiger partial charge in [-0.25, -0.2) is 0 Å². The second-order valence-corrected chi connectivity index (χ2v) is 4.67. The molecule has 0 saturated carbocycles. The molecule has 0 spiro atoms. The van der Waals surface area contributed by atoms with Crippen LogP contribution in [-0.4, -0.2) is 34.5 Å². The first-order valence-electron chi connectivity index (χ1n) is 6.02. The maximum absolute atomic E-state index is 12.0. The molecule has 0 radical (unpaired) electrons. The molecule has 1 N–H and O–H groups in total. The van der Waals surface area contributed by atoms with Gasteiger partial charge in [0.1, 0.15) is 0 Å². The van der Waals surface area contributed by atoms with Crippen molar-refractivity contribution >= 4 is 11.9 Å². The fourth-order valence-electron chi connectivity index (χ4n) is 2.24. The Bertz CT molecular complexity index is 277. The number of likely N-dealkylation sites (tertiary alicyclic amines) is 1. The Hall–Kier alpha value is -1.06. The molecule has 0 aromatic rings. The minimum Gasteiger partial charge on any atom is -0.481 e. The number of hydrogen-bond acceptors (Lipinski definition) is 2. The average Bonchev–Trinajstić information content (AvgIpc) is 2.27. The van der Waals surface area contributed by atoms with Crippen LogP contribution in [0.1, 0.15) is 40.0 Å². The van der Waals surface area contributed by atoms with Crippen molar-refractivity contribution in [3.8, 4) is 0 Å². The van der Waals surface area contributed by atoms with Gasteiger partial charge in [-0.1, -0.05) is 13.8 Å². The van der Waals surface area contributed by atoms with Crippen molar-refractivity contribution in [2.24, 2.45) is 11.8 Å². The number of amides is 1. The van der Waals surface area contributed by atoms with Crippen LogP contribution in [0.5, 0.6) is 0 Å². The van der Waals surface area contributed by atoms with Crippen LogP contribution in [0.2, 0.25) is 0 Å². The van der Waals surface area contributed by atoms with E-state index in [1.54, 1.807) is 4.90 Å². The van der Waals surface area contributed by atoms with E-state index in [9.17, 15) is 9.59 Å².